The van der Waals surface area contributed by atoms with Crippen LogP contribution >= 0.6 is 0 Å². The van der Waals surface area contributed by atoms with E-state index in [1.165, 1.54) is 32.1 Å². The lowest BCUT2D eigenvalue weighted by Gasteiger charge is -2.45. The maximum atomic E-state index is 2.54. The molecule has 2 saturated carbocycles. The molecule has 2 aliphatic rings. The van der Waals surface area contributed by atoms with Gasteiger partial charge in [-0.15, -0.1) is 0 Å². The van der Waals surface area contributed by atoms with Crippen molar-refractivity contribution in [3.05, 3.63) is 0 Å². The van der Waals surface area contributed by atoms with Crippen LogP contribution < -0.4 is 0 Å². The van der Waals surface area contributed by atoms with Crippen molar-refractivity contribution in [2.75, 3.05) is 0 Å². The molecule has 6 unspecified atom stereocenters. The molecule has 0 saturated heterocycles. The van der Waals surface area contributed by atoms with E-state index in [0.29, 0.717) is 0 Å². The summed E-state index contributed by atoms with van der Waals surface area (Å²) in [5.74, 6) is 7.71. The molecule has 0 heterocycles. The van der Waals surface area contributed by atoms with Crippen LogP contribution in [0, 0.1) is 47.3 Å². The van der Waals surface area contributed by atoms with Crippen LogP contribution in [0.5, 0.6) is 0 Å². The van der Waals surface area contributed by atoms with Crippen LogP contribution in [0.1, 0.15) is 73.6 Å². The zero-order valence-corrected chi connectivity index (χ0v) is 14.2. The van der Waals surface area contributed by atoms with E-state index in [1.807, 2.05) is 0 Å². The van der Waals surface area contributed by atoms with Crippen molar-refractivity contribution in [2.24, 2.45) is 47.3 Å². The molecule has 0 bridgehead atoms. The van der Waals surface area contributed by atoms with E-state index in [-0.39, 0.29) is 0 Å². The quantitative estimate of drug-likeness (QED) is 0.572. The van der Waals surface area contributed by atoms with Crippen LogP contribution in [0.25, 0.3) is 0 Å². The smallest absolute Gasteiger partial charge is 0.0355 e. The van der Waals surface area contributed by atoms with Gasteiger partial charge in [0.1, 0.15) is 0 Å². The fourth-order valence-electron chi connectivity index (χ4n) is 5.46. The van der Waals surface area contributed by atoms with Gasteiger partial charge >= 0.3 is 0 Å². The van der Waals surface area contributed by atoms with Gasteiger partial charge in [-0.05, 0) is 79.4 Å². The van der Waals surface area contributed by atoms with Gasteiger partial charge in [-0.2, -0.15) is 0 Å². The average molecular weight is 264 g/mol. The molecular weight excluding hydrogens is 228 g/mol. The summed E-state index contributed by atoms with van der Waals surface area (Å²) in [5.41, 5.74) is 0. The second kappa shape index (κ2) is 6.19. The Hall–Kier alpha value is 0. The highest BCUT2D eigenvalue weighted by Gasteiger charge is 2.38. The Bertz CT molecular complexity index is 258. The lowest BCUT2D eigenvalue weighted by Crippen LogP contribution is -2.37. The second-order valence-electron chi connectivity index (χ2n) is 8.59. The summed E-state index contributed by atoms with van der Waals surface area (Å²) in [6.07, 6.45) is 7.45. The highest BCUT2D eigenvalue weighted by molar-refractivity contribution is 4.88. The van der Waals surface area contributed by atoms with E-state index in [2.05, 4.69) is 41.5 Å². The minimum atomic E-state index is 0.939. The van der Waals surface area contributed by atoms with Gasteiger partial charge in [-0.25, -0.2) is 0 Å². The lowest BCUT2D eigenvalue weighted by atomic mass is 9.60. The highest BCUT2D eigenvalue weighted by Crippen LogP contribution is 2.47. The first-order valence-electron chi connectivity index (χ1n) is 8.88. The van der Waals surface area contributed by atoms with Gasteiger partial charge < -0.3 is 0 Å². The fraction of sp³-hybridized carbons (Fsp3) is 1.00. The third kappa shape index (κ3) is 3.56. The minimum Gasteiger partial charge on any atom is -0.0625 e. The zero-order valence-electron chi connectivity index (χ0n) is 14.2. The molecule has 0 aromatic carbocycles. The molecular formula is C19H36. The molecule has 112 valence electrons. The maximum Gasteiger partial charge on any atom is -0.0355 e. The molecule has 2 aliphatic carbocycles. The molecule has 0 heteroatoms. The zero-order chi connectivity index (χ0) is 14.2. The Morgan fingerprint density at radius 2 is 1.11 bits per heavy atom. The summed E-state index contributed by atoms with van der Waals surface area (Å²) in [6, 6.07) is 0. The Kier molecular flexibility index (Phi) is 5.01. The van der Waals surface area contributed by atoms with Crippen LogP contribution in [-0.2, 0) is 0 Å². The predicted octanol–water partition coefficient (Wildman–Crippen LogP) is 6.01. The maximum absolute atomic E-state index is 2.54. The number of rotatable bonds is 2. The van der Waals surface area contributed by atoms with Crippen molar-refractivity contribution in [3.63, 3.8) is 0 Å². The SMILES string of the molecule is CC1CC(C)CC(CC2C(C)C(C)CC(C)C2C)C1. The third-order valence-electron chi connectivity index (χ3n) is 6.77. The van der Waals surface area contributed by atoms with Gasteiger partial charge in [0.15, 0.2) is 0 Å². The predicted molar refractivity (Wildman–Crippen MR) is 85.0 cm³/mol. The molecule has 0 aromatic heterocycles. The molecule has 0 amide bonds. The van der Waals surface area contributed by atoms with E-state index in [4.69, 9.17) is 0 Å². The van der Waals surface area contributed by atoms with Crippen LogP contribution in [0.15, 0.2) is 0 Å². The number of hydrogen-bond donors (Lipinski definition) is 0. The Morgan fingerprint density at radius 3 is 1.58 bits per heavy atom. The summed E-state index contributed by atoms with van der Waals surface area (Å²) < 4.78 is 0. The first-order chi connectivity index (χ1) is 8.88. The standard InChI is InChI=1S/C19H36/c1-12-7-13(2)9-18(8-12)11-19-16(5)14(3)10-15(4)17(19)6/h12-19H,7-11H2,1-6H3. The average Bonchev–Trinajstić information content (AvgIpc) is 2.31. The molecule has 19 heavy (non-hydrogen) atoms. The largest absolute Gasteiger partial charge is 0.0625 e. The van der Waals surface area contributed by atoms with Crippen LogP contribution in [0.4, 0.5) is 0 Å². The van der Waals surface area contributed by atoms with Crippen LogP contribution in [0.3, 0.4) is 0 Å². The Labute approximate surface area is 121 Å². The van der Waals surface area contributed by atoms with Gasteiger partial charge in [-0.3, -0.25) is 0 Å². The van der Waals surface area contributed by atoms with Crippen LogP contribution in [0.2, 0.25) is 0 Å². The molecule has 0 spiro atoms. The number of hydrogen-bond acceptors (Lipinski definition) is 0. The van der Waals surface area contributed by atoms with Crippen molar-refractivity contribution in [1.29, 1.82) is 0 Å². The normalized spacial score (nSPS) is 52.1. The first-order valence-corrected chi connectivity index (χ1v) is 8.88. The molecule has 0 nitrogen and oxygen atoms in total. The summed E-state index contributed by atoms with van der Waals surface area (Å²) in [5, 5.41) is 0. The molecule has 2 rings (SSSR count). The van der Waals surface area contributed by atoms with Gasteiger partial charge in [0, 0.05) is 0 Å². The molecule has 0 aliphatic heterocycles. The van der Waals surface area contributed by atoms with Crippen molar-refractivity contribution in [2.45, 2.75) is 73.6 Å². The summed E-state index contributed by atoms with van der Waals surface area (Å²) in [7, 11) is 0. The van der Waals surface area contributed by atoms with Crippen molar-refractivity contribution >= 4 is 0 Å². The molecule has 6 atom stereocenters. The van der Waals surface area contributed by atoms with E-state index in [1.54, 1.807) is 0 Å². The van der Waals surface area contributed by atoms with Gasteiger partial charge in [0.2, 0.25) is 0 Å². The van der Waals surface area contributed by atoms with Crippen LogP contribution in [-0.4, -0.2) is 0 Å². The monoisotopic (exact) mass is 264 g/mol. The Morgan fingerprint density at radius 1 is 0.632 bits per heavy atom. The van der Waals surface area contributed by atoms with Gasteiger partial charge in [-0.1, -0.05) is 41.5 Å². The van der Waals surface area contributed by atoms with Gasteiger partial charge in [0.25, 0.3) is 0 Å². The second-order valence-corrected chi connectivity index (χ2v) is 8.59. The summed E-state index contributed by atoms with van der Waals surface area (Å²) in [4.78, 5) is 0. The van der Waals surface area contributed by atoms with Crippen molar-refractivity contribution in [3.8, 4) is 0 Å². The molecule has 0 N–H and O–H groups in total. The van der Waals surface area contributed by atoms with Crippen molar-refractivity contribution < 1.29 is 0 Å². The summed E-state index contributed by atoms with van der Waals surface area (Å²) in [6.45, 7) is 15.0. The molecule has 0 radical (unpaired) electrons. The first kappa shape index (κ1) is 15.4. The van der Waals surface area contributed by atoms with Gasteiger partial charge in [0.05, 0.1) is 0 Å². The fourth-order valence-corrected chi connectivity index (χ4v) is 5.46. The topological polar surface area (TPSA) is 0 Å². The van der Waals surface area contributed by atoms with E-state index in [9.17, 15) is 0 Å². The highest BCUT2D eigenvalue weighted by atomic mass is 14.4. The van der Waals surface area contributed by atoms with E-state index in [0.717, 1.165) is 47.3 Å². The minimum absolute atomic E-state index is 0.939. The van der Waals surface area contributed by atoms with E-state index >= 15 is 0 Å². The lowest BCUT2D eigenvalue weighted by molar-refractivity contribution is 0.0424. The molecule has 0 aromatic rings. The third-order valence-corrected chi connectivity index (χ3v) is 6.77. The van der Waals surface area contributed by atoms with Crippen molar-refractivity contribution in [1.82, 2.24) is 0 Å². The van der Waals surface area contributed by atoms with E-state index < -0.39 is 0 Å². The Balaban J connectivity index is 1.99. The summed E-state index contributed by atoms with van der Waals surface area (Å²) >= 11 is 0. The molecule has 2 fully saturated rings.